The fraction of sp³-hybridized carbons (Fsp3) is 0.211. The minimum Gasteiger partial charge on any atom is -0.493 e. The molecule has 0 fully saturated rings. The summed E-state index contributed by atoms with van der Waals surface area (Å²) in [6, 6.07) is 9.80. The summed E-state index contributed by atoms with van der Waals surface area (Å²) in [6.45, 7) is 2.29. The van der Waals surface area contributed by atoms with E-state index in [1.807, 2.05) is 18.2 Å². The average Bonchev–Trinajstić information content (AvgIpc) is 2.92. The largest absolute Gasteiger partial charge is 0.493 e. The van der Waals surface area contributed by atoms with Gasteiger partial charge < -0.3 is 14.5 Å². The van der Waals surface area contributed by atoms with Crippen molar-refractivity contribution < 1.29 is 18.3 Å². The van der Waals surface area contributed by atoms with Gasteiger partial charge in [-0.3, -0.25) is 4.79 Å². The second-order valence-electron chi connectivity index (χ2n) is 6.04. The standard InChI is InChI=1S/C19H15BrFNO3/c1-10-13-9-12(21)3-5-17(13)25-18(10)19(23)22-15-6-7-24-16-4-2-11(20)8-14(15)16/h2-5,8-9,15H,6-7H2,1H3,(H,22,23). The number of carbonyl (C=O) groups is 1. The summed E-state index contributed by atoms with van der Waals surface area (Å²) in [6.07, 6.45) is 0.670. The number of fused-ring (bicyclic) bond motifs is 2. The van der Waals surface area contributed by atoms with Gasteiger partial charge in [-0.25, -0.2) is 4.39 Å². The highest BCUT2D eigenvalue weighted by molar-refractivity contribution is 9.10. The van der Waals surface area contributed by atoms with E-state index in [4.69, 9.17) is 9.15 Å². The first-order valence-corrected chi connectivity index (χ1v) is 8.74. The first-order valence-electron chi connectivity index (χ1n) is 7.94. The van der Waals surface area contributed by atoms with Crippen LogP contribution in [0.2, 0.25) is 0 Å². The Balaban J connectivity index is 1.66. The van der Waals surface area contributed by atoms with Crippen LogP contribution in [0.25, 0.3) is 11.0 Å². The van der Waals surface area contributed by atoms with Gasteiger partial charge in [-0.2, -0.15) is 0 Å². The van der Waals surface area contributed by atoms with E-state index in [9.17, 15) is 9.18 Å². The molecule has 2 aromatic carbocycles. The molecule has 4 rings (SSSR count). The summed E-state index contributed by atoms with van der Waals surface area (Å²) in [4.78, 5) is 12.7. The molecular formula is C19H15BrFNO3. The van der Waals surface area contributed by atoms with Gasteiger partial charge in [0.1, 0.15) is 17.1 Å². The number of hydrogen-bond acceptors (Lipinski definition) is 3. The second kappa shape index (κ2) is 6.19. The van der Waals surface area contributed by atoms with E-state index in [1.54, 1.807) is 6.92 Å². The molecule has 1 N–H and O–H groups in total. The molecule has 0 radical (unpaired) electrons. The molecule has 2 heterocycles. The van der Waals surface area contributed by atoms with Gasteiger partial charge in [-0.15, -0.1) is 0 Å². The highest BCUT2D eigenvalue weighted by Crippen LogP contribution is 2.35. The Morgan fingerprint density at radius 2 is 2.12 bits per heavy atom. The molecule has 0 aliphatic carbocycles. The van der Waals surface area contributed by atoms with E-state index < -0.39 is 0 Å². The van der Waals surface area contributed by atoms with Crippen LogP contribution >= 0.6 is 15.9 Å². The number of rotatable bonds is 2. The third kappa shape index (κ3) is 2.91. The molecular weight excluding hydrogens is 389 g/mol. The van der Waals surface area contributed by atoms with Crippen molar-refractivity contribution in [3.63, 3.8) is 0 Å². The van der Waals surface area contributed by atoms with Crippen LogP contribution in [0.3, 0.4) is 0 Å². The van der Waals surface area contributed by atoms with Crippen LogP contribution in [0.4, 0.5) is 4.39 Å². The molecule has 0 spiro atoms. The Bertz CT molecular complexity index is 982. The Morgan fingerprint density at radius 3 is 2.96 bits per heavy atom. The molecule has 0 bridgehead atoms. The van der Waals surface area contributed by atoms with Crippen molar-refractivity contribution in [2.24, 2.45) is 0 Å². The van der Waals surface area contributed by atoms with Crippen molar-refractivity contribution in [2.45, 2.75) is 19.4 Å². The monoisotopic (exact) mass is 403 g/mol. The topological polar surface area (TPSA) is 51.5 Å². The third-order valence-electron chi connectivity index (χ3n) is 4.42. The fourth-order valence-electron chi connectivity index (χ4n) is 3.15. The number of aryl methyl sites for hydroxylation is 1. The lowest BCUT2D eigenvalue weighted by atomic mass is 10.0. The van der Waals surface area contributed by atoms with Gasteiger partial charge in [-0.1, -0.05) is 15.9 Å². The Kier molecular flexibility index (Phi) is 4.00. The van der Waals surface area contributed by atoms with Crippen LogP contribution in [0.1, 0.15) is 34.1 Å². The number of halogens is 2. The molecule has 25 heavy (non-hydrogen) atoms. The summed E-state index contributed by atoms with van der Waals surface area (Å²) >= 11 is 3.45. The number of furan rings is 1. The smallest absolute Gasteiger partial charge is 0.287 e. The lowest BCUT2D eigenvalue weighted by molar-refractivity contribution is 0.0898. The van der Waals surface area contributed by atoms with Crippen LogP contribution in [-0.4, -0.2) is 12.5 Å². The summed E-state index contributed by atoms with van der Waals surface area (Å²) in [5, 5.41) is 3.62. The number of benzene rings is 2. The summed E-state index contributed by atoms with van der Waals surface area (Å²) in [5.41, 5.74) is 2.06. The maximum absolute atomic E-state index is 13.4. The van der Waals surface area contributed by atoms with Crippen molar-refractivity contribution in [3.05, 3.63) is 63.6 Å². The fourth-order valence-corrected chi connectivity index (χ4v) is 3.53. The summed E-state index contributed by atoms with van der Waals surface area (Å²) < 4.78 is 25.7. The second-order valence-corrected chi connectivity index (χ2v) is 6.96. The normalized spacial score (nSPS) is 16.4. The highest BCUT2D eigenvalue weighted by Gasteiger charge is 2.26. The molecule has 0 saturated heterocycles. The predicted octanol–water partition coefficient (Wildman–Crippen LogP) is 4.90. The highest BCUT2D eigenvalue weighted by atomic mass is 79.9. The van der Waals surface area contributed by atoms with Crippen LogP contribution in [0.15, 0.2) is 45.3 Å². The molecule has 1 atom stereocenters. The summed E-state index contributed by atoms with van der Waals surface area (Å²) in [7, 11) is 0. The quantitative estimate of drug-likeness (QED) is 0.662. The molecule has 0 saturated carbocycles. The van der Waals surface area contributed by atoms with Crippen molar-refractivity contribution in [2.75, 3.05) is 6.61 Å². The third-order valence-corrected chi connectivity index (χ3v) is 4.91. The number of ether oxygens (including phenoxy) is 1. The van der Waals surface area contributed by atoms with Gasteiger partial charge in [0.2, 0.25) is 0 Å². The van der Waals surface area contributed by atoms with Crippen molar-refractivity contribution in [1.29, 1.82) is 0 Å². The average molecular weight is 404 g/mol. The van der Waals surface area contributed by atoms with Crippen LogP contribution < -0.4 is 10.1 Å². The molecule has 1 aliphatic rings. The molecule has 1 aromatic heterocycles. The molecule has 128 valence electrons. The number of carbonyl (C=O) groups excluding carboxylic acids is 1. The number of hydrogen-bond donors (Lipinski definition) is 1. The molecule has 1 amide bonds. The molecule has 6 heteroatoms. The minimum atomic E-state index is -0.355. The van der Waals surface area contributed by atoms with Crippen molar-refractivity contribution >= 4 is 32.8 Å². The van der Waals surface area contributed by atoms with E-state index in [0.717, 1.165) is 15.8 Å². The van der Waals surface area contributed by atoms with Gasteiger partial charge in [-0.05, 0) is 43.3 Å². The first-order chi connectivity index (χ1) is 12.0. The van der Waals surface area contributed by atoms with Crippen LogP contribution in [0, 0.1) is 12.7 Å². The number of nitrogens with one attached hydrogen (secondary N) is 1. The van der Waals surface area contributed by atoms with E-state index in [0.29, 0.717) is 29.6 Å². The maximum atomic E-state index is 13.4. The van der Waals surface area contributed by atoms with E-state index in [1.165, 1.54) is 18.2 Å². The van der Waals surface area contributed by atoms with Crippen LogP contribution in [-0.2, 0) is 0 Å². The molecule has 1 aliphatic heterocycles. The van der Waals surface area contributed by atoms with Gasteiger partial charge in [0.25, 0.3) is 5.91 Å². The van der Waals surface area contributed by atoms with Gasteiger partial charge in [0.15, 0.2) is 5.76 Å². The number of amides is 1. The van der Waals surface area contributed by atoms with Gasteiger partial charge in [0, 0.05) is 27.4 Å². The van der Waals surface area contributed by atoms with Crippen molar-refractivity contribution in [1.82, 2.24) is 5.32 Å². The first kappa shape index (κ1) is 16.1. The van der Waals surface area contributed by atoms with E-state index in [2.05, 4.69) is 21.2 Å². The van der Waals surface area contributed by atoms with E-state index >= 15 is 0 Å². The zero-order valence-electron chi connectivity index (χ0n) is 13.4. The Labute approximate surface area is 152 Å². The van der Waals surface area contributed by atoms with Crippen molar-refractivity contribution in [3.8, 4) is 5.75 Å². The Hall–Kier alpha value is -2.34. The zero-order valence-corrected chi connectivity index (χ0v) is 15.0. The Morgan fingerprint density at radius 1 is 1.28 bits per heavy atom. The SMILES string of the molecule is Cc1c(C(=O)NC2CCOc3ccc(Br)cc32)oc2ccc(F)cc12. The summed E-state index contributed by atoms with van der Waals surface area (Å²) in [5.74, 6) is 0.310. The molecule has 1 unspecified atom stereocenters. The zero-order chi connectivity index (χ0) is 17.6. The van der Waals surface area contributed by atoms with Gasteiger partial charge >= 0.3 is 0 Å². The molecule has 3 aromatic rings. The van der Waals surface area contributed by atoms with Gasteiger partial charge in [0.05, 0.1) is 12.6 Å². The van der Waals surface area contributed by atoms with E-state index in [-0.39, 0.29) is 23.5 Å². The lowest BCUT2D eigenvalue weighted by Gasteiger charge is -2.26. The lowest BCUT2D eigenvalue weighted by Crippen LogP contribution is -2.32. The maximum Gasteiger partial charge on any atom is 0.287 e. The van der Waals surface area contributed by atoms with Crippen LogP contribution in [0.5, 0.6) is 5.75 Å². The minimum absolute atomic E-state index is 0.168. The predicted molar refractivity (Wildman–Crippen MR) is 95.4 cm³/mol. The molecule has 4 nitrogen and oxygen atoms in total.